The summed E-state index contributed by atoms with van der Waals surface area (Å²) in [6, 6.07) is 12.4. The molecule has 2 aromatic rings. The summed E-state index contributed by atoms with van der Waals surface area (Å²) in [5, 5.41) is 3.46. The molecule has 4 heteroatoms. The fourth-order valence-electron chi connectivity index (χ4n) is 2.75. The molecule has 20 heavy (non-hydrogen) atoms. The van der Waals surface area contributed by atoms with Crippen molar-refractivity contribution in [2.75, 3.05) is 18.2 Å². The molecule has 3 N–H and O–H groups in total. The van der Waals surface area contributed by atoms with E-state index in [-0.39, 0.29) is 6.04 Å². The van der Waals surface area contributed by atoms with Gasteiger partial charge in [-0.1, -0.05) is 24.3 Å². The van der Waals surface area contributed by atoms with E-state index in [2.05, 4.69) is 34.6 Å². The van der Waals surface area contributed by atoms with Gasteiger partial charge in [-0.3, -0.25) is 0 Å². The van der Waals surface area contributed by atoms with Gasteiger partial charge in [0.05, 0.1) is 18.8 Å². The van der Waals surface area contributed by atoms with E-state index in [1.807, 2.05) is 6.07 Å². The Kier molecular flexibility index (Phi) is 3.46. The lowest BCUT2D eigenvalue weighted by atomic mass is 9.88. The van der Waals surface area contributed by atoms with Gasteiger partial charge < -0.3 is 15.8 Å². The first-order valence-electron chi connectivity index (χ1n) is 6.93. The van der Waals surface area contributed by atoms with E-state index >= 15 is 0 Å². The number of hydrogen-bond donors (Lipinski definition) is 2. The maximum atomic E-state index is 6.00. The molecular weight excluding hydrogens is 250 g/mol. The SMILES string of the molecule is COc1ccc(N)c(NC2CCCc3ccccc32)n1. The Hall–Kier alpha value is -2.23. The lowest BCUT2D eigenvalue weighted by molar-refractivity contribution is 0.398. The molecule has 1 unspecified atom stereocenters. The number of methoxy groups -OCH3 is 1. The van der Waals surface area contributed by atoms with Crippen LogP contribution in [-0.2, 0) is 6.42 Å². The number of rotatable bonds is 3. The summed E-state index contributed by atoms with van der Waals surface area (Å²) in [5.74, 6) is 1.27. The van der Waals surface area contributed by atoms with E-state index in [4.69, 9.17) is 10.5 Å². The molecule has 0 bridgehead atoms. The molecule has 0 saturated heterocycles. The van der Waals surface area contributed by atoms with Crippen LogP contribution >= 0.6 is 0 Å². The minimum absolute atomic E-state index is 0.266. The number of nitrogen functional groups attached to an aromatic ring is 1. The molecule has 0 saturated carbocycles. The first-order chi connectivity index (χ1) is 9.78. The zero-order valence-corrected chi connectivity index (χ0v) is 11.6. The first-order valence-corrected chi connectivity index (χ1v) is 6.93. The standard InChI is InChI=1S/C16H19N3O/c1-20-15-10-9-13(17)16(19-15)18-14-8-4-6-11-5-2-3-7-12(11)14/h2-3,5,7,9-10,14H,4,6,8,17H2,1H3,(H,18,19). The number of hydrogen-bond acceptors (Lipinski definition) is 4. The molecule has 1 heterocycles. The van der Waals surface area contributed by atoms with Crippen LogP contribution in [0, 0.1) is 0 Å². The third-order valence-electron chi connectivity index (χ3n) is 3.79. The second-order valence-electron chi connectivity index (χ2n) is 5.08. The Balaban J connectivity index is 1.89. The van der Waals surface area contributed by atoms with Crippen LogP contribution in [0.1, 0.15) is 30.0 Å². The van der Waals surface area contributed by atoms with Crippen molar-refractivity contribution in [2.45, 2.75) is 25.3 Å². The number of nitrogens with one attached hydrogen (secondary N) is 1. The fourth-order valence-corrected chi connectivity index (χ4v) is 2.75. The van der Waals surface area contributed by atoms with Gasteiger partial charge in [-0.05, 0) is 36.5 Å². The highest BCUT2D eigenvalue weighted by molar-refractivity contribution is 5.63. The maximum absolute atomic E-state index is 6.00. The summed E-state index contributed by atoms with van der Waals surface area (Å²) < 4.78 is 5.16. The largest absolute Gasteiger partial charge is 0.481 e. The summed E-state index contributed by atoms with van der Waals surface area (Å²) in [7, 11) is 1.61. The monoisotopic (exact) mass is 269 g/mol. The smallest absolute Gasteiger partial charge is 0.215 e. The molecule has 1 aliphatic carbocycles. The number of anilines is 2. The van der Waals surface area contributed by atoms with Gasteiger partial charge in [0.2, 0.25) is 5.88 Å². The van der Waals surface area contributed by atoms with Crippen molar-refractivity contribution in [2.24, 2.45) is 0 Å². The molecule has 0 spiro atoms. The number of nitrogens with two attached hydrogens (primary N) is 1. The van der Waals surface area contributed by atoms with Gasteiger partial charge in [-0.15, -0.1) is 0 Å². The van der Waals surface area contributed by atoms with Crippen molar-refractivity contribution in [3.05, 3.63) is 47.5 Å². The topological polar surface area (TPSA) is 60.2 Å². The third-order valence-corrected chi connectivity index (χ3v) is 3.79. The minimum Gasteiger partial charge on any atom is -0.481 e. The first kappa shape index (κ1) is 12.8. The molecule has 1 aromatic heterocycles. The van der Waals surface area contributed by atoms with Crippen LogP contribution in [0.4, 0.5) is 11.5 Å². The minimum atomic E-state index is 0.266. The second kappa shape index (κ2) is 5.41. The molecule has 104 valence electrons. The molecular formula is C16H19N3O. The summed E-state index contributed by atoms with van der Waals surface area (Å²) in [6.45, 7) is 0. The van der Waals surface area contributed by atoms with Crippen LogP contribution < -0.4 is 15.8 Å². The zero-order chi connectivity index (χ0) is 13.9. The molecule has 1 atom stereocenters. The average Bonchev–Trinajstić information content (AvgIpc) is 2.50. The Morgan fingerprint density at radius 3 is 2.95 bits per heavy atom. The van der Waals surface area contributed by atoms with Gasteiger partial charge in [0.25, 0.3) is 0 Å². The van der Waals surface area contributed by atoms with Crippen LogP contribution in [-0.4, -0.2) is 12.1 Å². The molecule has 1 aromatic carbocycles. The molecule has 4 nitrogen and oxygen atoms in total. The molecule has 0 fully saturated rings. The number of ether oxygens (including phenoxy) is 1. The molecule has 0 aliphatic heterocycles. The van der Waals surface area contributed by atoms with E-state index in [0.29, 0.717) is 17.4 Å². The van der Waals surface area contributed by atoms with E-state index in [0.717, 1.165) is 12.8 Å². The van der Waals surface area contributed by atoms with Gasteiger partial charge in [0.15, 0.2) is 5.82 Å². The van der Waals surface area contributed by atoms with Crippen molar-refractivity contribution < 1.29 is 4.74 Å². The quantitative estimate of drug-likeness (QED) is 0.898. The van der Waals surface area contributed by atoms with Gasteiger partial charge >= 0.3 is 0 Å². The lowest BCUT2D eigenvalue weighted by Gasteiger charge is -2.27. The molecule has 3 rings (SSSR count). The van der Waals surface area contributed by atoms with Gasteiger partial charge in [0.1, 0.15) is 0 Å². The number of benzene rings is 1. The number of aryl methyl sites for hydroxylation is 1. The van der Waals surface area contributed by atoms with E-state index in [9.17, 15) is 0 Å². The number of aromatic nitrogens is 1. The third kappa shape index (κ3) is 2.41. The number of pyridine rings is 1. The van der Waals surface area contributed by atoms with Crippen molar-refractivity contribution in [3.63, 3.8) is 0 Å². The highest BCUT2D eigenvalue weighted by Crippen LogP contribution is 2.33. The predicted molar refractivity (Wildman–Crippen MR) is 80.9 cm³/mol. The molecule has 0 amide bonds. The number of nitrogens with zero attached hydrogens (tertiary/aromatic N) is 1. The lowest BCUT2D eigenvalue weighted by Crippen LogP contribution is -2.18. The average molecular weight is 269 g/mol. The van der Waals surface area contributed by atoms with Crippen LogP contribution in [0.25, 0.3) is 0 Å². The Morgan fingerprint density at radius 2 is 2.10 bits per heavy atom. The van der Waals surface area contributed by atoms with Gasteiger partial charge in [-0.25, -0.2) is 0 Å². The molecule has 1 aliphatic rings. The molecule has 0 radical (unpaired) electrons. The Bertz CT molecular complexity index is 612. The normalized spacial score (nSPS) is 17.4. The summed E-state index contributed by atoms with van der Waals surface area (Å²) in [4.78, 5) is 4.40. The highest BCUT2D eigenvalue weighted by atomic mass is 16.5. The van der Waals surface area contributed by atoms with Crippen LogP contribution in [0.5, 0.6) is 5.88 Å². The van der Waals surface area contributed by atoms with Gasteiger partial charge in [0, 0.05) is 6.07 Å². The van der Waals surface area contributed by atoms with Crippen molar-refractivity contribution in [1.82, 2.24) is 4.98 Å². The van der Waals surface area contributed by atoms with Crippen LogP contribution in [0.3, 0.4) is 0 Å². The fraction of sp³-hybridized carbons (Fsp3) is 0.312. The van der Waals surface area contributed by atoms with Crippen molar-refractivity contribution in [3.8, 4) is 5.88 Å². The maximum Gasteiger partial charge on any atom is 0.215 e. The van der Waals surface area contributed by atoms with E-state index in [1.165, 1.54) is 17.5 Å². The van der Waals surface area contributed by atoms with Crippen molar-refractivity contribution >= 4 is 11.5 Å². The summed E-state index contributed by atoms with van der Waals surface area (Å²) >= 11 is 0. The Morgan fingerprint density at radius 1 is 1.25 bits per heavy atom. The Labute approximate surface area is 119 Å². The van der Waals surface area contributed by atoms with Crippen molar-refractivity contribution in [1.29, 1.82) is 0 Å². The van der Waals surface area contributed by atoms with Gasteiger partial charge in [-0.2, -0.15) is 4.98 Å². The second-order valence-corrected chi connectivity index (χ2v) is 5.08. The predicted octanol–water partition coefficient (Wildman–Crippen LogP) is 3.16. The van der Waals surface area contributed by atoms with E-state index < -0.39 is 0 Å². The number of fused-ring (bicyclic) bond motifs is 1. The highest BCUT2D eigenvalue weighted by Gasteiger charge is 2.20. The van der Waals surface area contributed by atoms with Crippen LogP contribution in [0.15, 0.2) is 36.4 Å². The zero-order valence-electron chi connectivity index (χ0n) is 11.6. The summed E-state index contributed by atoms with van der Waals surface area (Å²) in [5.41, 5.74) is 9.41. The van der Waals surface area contributed by atoms with Crippen LogP contribution in [0.2, 0.25) is 0 Å². The van der Waals surface area contributed by atoms with E-state index in [1.54, 1.807) is 13.2 Å². The summed E-state index contributed by atoms with van der Waals surface area (Å²) in [6.07, 6.45) is 3.42.